The zero-order valence-electron chi connectivity index (χ0n) is 9.27. The molecule has 2 N–H and O–H groups in total. The Kier molecular flexibility index (Phi) is 4.83. The summed E-state index contributed by atoms with van der Waals surface area (Å²) in [5, 5.41) is 11.9. The van der Waals surface area contributed by atoms with E-state index in [0.717, 1.165) is 24.6 Å². The summed E-state index contributed by atoms with van der Waals surface area (Å²) in [4.78, 5) is 10.3. The molecule has 0 amide bonds. The highest BCUT2D eigenvalue weighted by Crippen LogP contribution is 2.13. The molecule has 0 radical (unpaired) electrons. The van der Waals surface area contributed by atoms with Gasteiger partial charge >= 0.3 is 0 Å². The minimum absolute atomic E-state index is 0.138. The van der Waals surface area contributed by atoms with Gasteiger partial charge in [-0.1, -0.05) is 6.92 Å². The van der Waals surface area contributed by atoms with Crippen LogP contribution in [0.4, 0.5) is 11.6 Å². The number of aromatic nitrogens is 2. The van der Waals surface area contributed by atoms with E-state index in [-0.39, 0.29) is 6.61 Å². The van der Waals surface area contributed by atoms with Crippen LogP contribution >= 0.6 is 0 Å². The summed E-state index contributed by atoms with van der Waals surface area (Å²) >= 11 is 0. The Morgan fingerprint density at radius 2 is 2.20 bits per heavy atom. The minimum Gasteiger partial charge on any atom is -0.395 e. The lowest BCUT2D eigenvalue weighted by atomic mass is 10.4. The lowest BCUT2D eigenvalue weighted by Gasteiger charge is -2.22. The third-order valence-electron chi connectivity index (χ3n) is 2.10. The molecular formula is C10H18N4O. The first-order valence-corrected chi connectivity index (χ1v) is 5.17. The molecule has 0 saturated carbocycles. The van der Waals surface area contributed by atoms with Crippen LogP contribution in [0, 0.1) is 0 Å². The van der Waals surface area contributed by atoms with E-state index >= 15 is 0 Å². The molecule has 5 nitrogen and oxygen atoms in total. The molecule has 0 fully saturated rings. The molecule has 1 aromatic rings. The van der Waals surface area contributed by atoms with Crippen molar-refractivity contribution >= 4 is 11.6 Å². The van der Waals surface area contributed by atoms with Gasteiger partial charge in [0.15, 0.2) is 0 Å². The summed E-state index contributed by atoms with van der Waals surface area (Å²) in [5.41, 5.74) is 0. The number of aliphatic hydroxyl groups excluding tert-OH is 1. The summed E-state index contributed by atoms with van der Waals surface area (Å²) < 4.78 is 0. The van der Waals surface area contributed by atoms with Gasteiger partial charge in [0.2, 0.25) is 0 Å². The van der Waals surface area contributed by atoms with Crippen molar-refractivity contribution in [3.63, 3.8) is 0 Å². The predicted molar refractivity (Wildman–Crippen MR) is 61.2 cm³/mol. The van der Waals surface area contributed by atoms with Gasteiger partial charge < -0.3 is 15.3 Å². The van der Waals surface area contributed by atoms with Crippen molar-refractivity contribution in [3.05, 3.63) is 12.4 Å². The quantitative estimate of drug-likeness (QED) is 0.724. The van der Waals surface area contributed by atoms with Gasteiger partial charge in [-0.2, -0.15) is 0 Å². The lowest BCUT2D eigenvalue weighted by molar-refractivity contribution is 0.301. The van der Waals surface area contributed by atoms with Gasteiger partial charge in [-0.15, -0.1) is 0 Å². The molecule has 0 bridgehead atoms. The van der Waals surface area contributed by atoms with Gasteiger partial charge in [-0.3, -0.25) is 0 Å². The minimum atomic E-state index is 0.138. The molecule has 0 spiro atoms. The van der Waals surface area contributed by atoms with Crippen molar-refractivity contribution in [1.29, 1.82) is 0 Å². The number of rotatable bonds is 6. The predicted octanol–water partition coefficient (Wildman–Crippen LogP) is 0.727. The Morgan fingerprint density at radius 3 is 2.80 bits per heavy atom. The fourth-order valence-corrected chi connectivity index (χ4v) is 1.39. The molecular weight excluding hydrogens is 192 g/mol. The maximum atomic E-state index is 8.95. The SMILES string of the molecule is CCCN(CCO)c1cc(NC)ncn1. The van der Waals surface area contributed by atoms with Crippen molar-refractivity contribution in [2.45, 2.75) is 13.3 Å². The molecule has 0 saturated heterocycles. The number of anilines is 2. The number of hydrogen-bond acceptors (Lipinski definition) is 5. The maximum Gasteiger partial charge on any atom is 0.134 e. The third kappa shape index (κ3) is 3.36. The highest BCUT2D eigenvalue weighted by atomic mass is 16.3. The first-order valence-electron chi connectivity index (χ1n) is 5.17. The topological polar surface area (TPSA) is 61.3 Å². The third-order valence-corrected chi connectivity index (χ3v) is 2.10. The van der Waals surface area contributed by atoms with E-state index in [0.29, 0.717) is 6.54 Å². The van der Waals surface area contributed by atoms with Crippen molar-refractivity contribution in [1.82, 2.24) is 9.97 Å². The van der Waals surface area contributed by atoms with E-state index in [2.05, 4.69) is 22.2 Å². The normalized spacial score (nSPS) is 10.1. The van der Waals surface area contributed by atoms with E-state index in [1.54, 1.807) is 0 Å². The summed E-state index contributed by atoms with van der Waals surface area (Å²) in [6.45, 7) is 3.73. The molecule has 84 valence electrons. The second-order valence-electron chi connectivity index (χ2n) is 3.22. The van der Waals surface area contributed by atoms with Crippen LogP contribution in [-0.4, -0.2) is 41.8 Å². The van der Waals surface area contributed by atoms with Crippen molar-refractivity contribution in [3.8, 4) is 0 Å². The molecule has 0 unspecified atom stereocenters. The van der Waals surface area contributed by atoms with Crippen LogP contribution in [0.1, 0.15) is 13.3 Å². The van der Waals surface area contributed by atoms with E-state index in [4.69, 9.17) is 5.11 Å². The van der Waals surface area contributed by atoms with Gasteiger partial charge in [0.05, 0.1) is 6.61 Å². The van der Waals surface area contributed by atoms with Gasteiger partial charge in [0.1, 0.15) is 18.0 Å². The molecule has 5 heteroatoms. The molecule has 0 aliphatic heterocycles. The Hall–Kier alpha value is -1.36. The zero-order valence-corrected chi connectivity index (χ0v) is 9.27. The molecule has 1 aromatic heterocycles. The molecule has 0 aromatic carbocycles. The van der Waals surface area contributed by atoms with E-state index in [1.165, 1.54) is 6.33 Å². The van der Waals surface area contributed by atoms with Crippen LogP contribution in [0.2, 0.25) is 0 Å². The summed E-state index contributed by atoms with van der Waals surface area (Å²) in [6.07, 6.45) is 2.56. The van der Waals surface area contributed by atoms with Crippen LogP contribution in [-0.2, 0) is 0 Å². The summed E-state index contributed by atoms with van der Waals surface area (Å²) in [6, 6.07) is 1.88. The second kappa shape index (κ2) is 6.19. The molecule has 0 atom stereocenters. The van der Waals surface area contributed by atoms with E-state index in [1.807, 2.05) is 18.0 Å². The molecule has 1 rings (SSSR count). The average Bonchev–Trinajstić information content (AvgIpc) is 2.29. The average molecular weight is 210 g/mol. The van der Waals surface area contributed by atoms with Crippen molar-refractivity contribution < 1.29 is 5.11 Å². The number of aliphatic hydroxyl groups is 1. The van der Waals surface area contributed by atoms with Crippen LogP contribution in [0.25, 0.3) is 0 Å². The Morgan fingerprint density at radius 1 is 1.40 bits per heavy atom. The van der Waals surface area contributed by atoms with Crippen molar-refractivity contribution in [2.24, 2.45) is 0 Å². The standard InChI is InChI=1S/C10H18N4O/c1-3-4-14(5-6-15)10-7-9(11-2)12-8-13-10/h7-8,15H,3-6H2,1-2H3,(H,11,12,13). The number of nitrogens with zero attached hydrogens (tertiary/aromatic N) is 3. The molecule has 1 heterocycles. The second-order valence-corrected chi connectivity index (χ2v) is 3.22. The maximum absolute atomic E-state index is 8.95. The van der Waals surface area contributed by atoms with E-state index < -0.39 is 0 Å². The van der Waals surface area contributed by atoms with Crippen LogP contribution in [0.5, 0.6) is 0 Å². The fourth-order valence-electron chi connectivity index (χ4n) is 1.39. The molecule has 15 heavy (non-hydrogen) atoms. The zero-order chi connectivity index (χ0) is 11.1. The van der Waals surface area contributed by atoms with Gasteiger partial charge in [-0.25, -0.2) is 9.97 Å². The van der Waals surface area contributed by atoms with Gasteiger partial charge in [0.25, 0.3) is 0 Å². The van der Waals surface area contributed by atoms with E-state index in [9.17, 15) is 0 Å². The highest BCUT2D eigenvalue weighted by molar-refractivity contribution is 5.47. The number of nitrogens with one attached hydrogen (secondary N) is 1. The first-order chi connectivity index (χ1) is 7.31. The fraction of sp³-hybridized carbons (Fsp3) is 0.600. The smallest absolute Gasteiger partial charge is 0.134 e. The molecule has 0 aliphatic carbocycles. The Balaban J connectivity index is 2.79. The first kappa shape index (κ1) is 11.7. The highest BCUT2D eigenvalue weighted by Gasteiger charge is 2.06. The van der Waals surface area contributed by atoms with Crippen LogP contribution < -0.4 is 10.2 Å². The van der Waals surface area contributed by atoms with Crippen molar-refractivity contribution in [2.75, 3.05) is 37.0 Å². The van der Waals surface area contributed by atoms with Crippen LogP contribution in [0.15, 0.2) is 12.4 Å². The summed E-state index contributed by atoms with van der Waals surface area (Å²) in [5.74, 6) is 1.64. The van der Waals surface area contributed by atoms with Crippen LogP contribution in [0.3, 0.4) is 0 Å². The summed E-state index contributed by atoms with van der Waals surface area (Å²) in [7, 11) is 1.82. The Labute approximate surface area is 90.2 Å². The lowest BCUT2D eigenvalue weighted by Crippen LogP contribution is -2.28. The largest absolute Gasteiger partial charge is 0.395 e. The monoisotopic (exact) mass is 210 g/mol. The molecule has 0 aliphatic rings. The number of hydrogen-bond donors (Lipinski definition) is 2. The van der Waals surface area contributed by atoms with Gasteiger partial charge in [0, 0.05) is 26.2 Å². The Bertz CT molecular complexity index is 287. The van der Waals surface area contributed by atoms with Gasteiger partial charge in [-0.05, 0) is 6.42 Å².